The third-order valence-corrected chi connectivity index (χ3v) is 6.48. The summed E-state index contributed by atoms with van der Waals surface area (Å²) in [5, 5.41) is 13.8. The highest BCUT2D eigenvalue weighted by molar-refractivity contribution is 5.81. The number of aromatic amines is 1. The Morgan fingerprint density at radius 1 is 1.23 bits per heavy atom. The van der Waals surface area contributed by atoms with Gasteiger partial charge in [-0.25, -0.2) is 4.68 Å². The van der Waals surface area contributed by atoms with E-state index in [1.54, 1.807) is 0 Å². The van der Waals surface area contributed by atoms with Crippen molar-refractivity contribution in [3.05, 3.63) is 51.6 Å². The molecular weight excluding hydrogens is 390 g/mol. The predicted molar refractivity (Wildman–Crippen MR) is 122 cm³/mol. The number of fused-ring (bicyclic) bond motifs is 1. The molecule has 2 aromatic heterocycles. The van der Waals surface area contributed by atoms with Crippen LogP contribution >= 0.6 is 0 Å². The number of tetrazole rings is 1. The highest BCUT2D eigenvalue weighted by Gasteiger charge is 2.27. The molecule has 1 aliphatic rings. The number of pyridine rings is 1. The Labute approximate surface area is 183 Å². The van der Waals surface area contributed by atoms with Gasteiger partial charge in [0.1, 0.15) is 0 Å². The summed E-state index contributed by atoms with van der Waals surface area (Å²) in [5.74, 6) is 0.888. The third kappa shape index (κ3) is 4.70. The second-order valence-corrected chi connectivity index (χ2v) is 9.03. The van der Waals surface area contributed by atoms with Crippen LogP contribution < -0.4 is 5.56 Å². The van der Waals surface area contributed by atoms with Gasteiger partial charge in [-0.05, 0) is 68.2 Å². The summed E-state index contributed by atoms with van der Waals surface area (Å²) in [7, 11) is 4.13. The lowest BCUT2D eigenvalue weighted by Gasteiger charge is -2.30. The largest absolute Gasteiger partial charge is 0.321 e. The fraction of sp³-hybridized carbons (Fsp3) is 0.565. The monoisotopic (exact) mass is 423 g/mol. The first-order valence-corrected chi connectivity index (χ1v) is 11.2. The van der Waals surface area contributed by atoms with Crippen molar-refractivity contribution in [2.45, 2.75) is 58.2 Å². The van der Waals surface area contributed by atoms with E-state index in [0.29, 0.717) is 12.6 Å². The first kappa shape index (κ1) is 21.6. The zero-order chi connectivity index (χ0) is 22.0. The van der Waals surface area contributed by atoms with E-state index in [1.807, 2.05) is 29.8 Å². The second kappa shape index (κ2) is 9.28. The number of nitrogens with zero attached hydrogens (tertiary/aromatic N) is 6. The highest BCUT2D eigenvalue weighted by atomic mass is 16.1. The zero-order valence-corrected chi connectivity index (χ0v) is 19.0. The van der Waals surface area contributed by atoms with Crippen molar-refractivity contribution in [1.82, 2.24) is 35.0 Å². The molecule has 0 saturated heterocycles. The molecule has 1 fully saturated rings. The van der Waals surface area contributed by atoms with Gasteiger partial charge in [-0.15, -0.1) is 5.10 Å². The lowest BCUT2D eigenvalue weighted by Crippen LogP contribution is -2.36. The first-order chi connectivity index (χ1) is 14.9. The molecule has 3 aromatic rings. The fourth-order valence-electron chi connectivity index (χ4n) is 4.55. The summed E-state index contributed by atoms with van der Waals surface area (Å²) in [6, 6.07) is 8.51. The third-order valence-electron chi connectivity index (χ3n) is 6.48. The molecule has 0 spiro atoms. The van der Waals surface area contributed by atoms with Crippen molar-refractivity contribution >= 4 is 10.9 Å². The smallest absolute Gasteiger partial charge is 0.252 e. The number of benzene rings is 1. The number of nitrogens with one attached hydrogen (secondary N) is 1. The number of aryl methyl sites for hydroxylation is 1. The molecule has 2 heterocycles. The maximum absolute atomic E-state index is 12.9. The van der Waals surface area contributed by atoms with E-state index in [9.17, 15) is 4.79 Å². The van der Waals surface area contributed by atoms with Crippen LogP contribution in [0.2, 0.25) is 0 Å². The predicted octanol–water partition coefficient (Wildman–Crippen LogP) is 3.06. The van der Waals surface area contributed by atoms with Crippen molar-refractivity contribution in [3.8, 4) is 0 Å². The minimum absolute atomic E-state index is 0.00292. The Hall–Kier alpha value is -2.58. The quantitative estimate of drug-likeness (QED) is 0.600. The summed E-state index contributed by atoms with van der Waals surface area (Å²) < 4.78 is 2.02. The molecule has 0 bridgehead atoms. The lowest BCUT2D eigenvalue weighted by atomic mass is 10.1. The molecule has 0 radical (unpaired) electrons. The van der Waals surface area contributed by atoms with E-state index >= 15 is 0 Å². The van der Waals surface area contributed by atoms with Crippen molar-refractivity contribution in [3.63, 3.8) is 0 Å². The Kier molecular flexibility index (Phi) is 6.48. The number of H-pyrrole nitrogens is 1. The topological polar surface area (TPSA) is 82.9 Å². The van der Waals surface area contributed by atoms with Crippen molar-refractivity contribution in [1.29, 1.82) is 0 Å². The standard InChI is InChI=1S/C23H33N7O/c1-16-8-7-9-18-14-19(23(31)24-21(16)18)15-29(13-12-28(3)4)17(2)22-25-26-27-30(22)20-10-5-6-11-20/h7-9,14,17,20H,5-6,10-13,15H2,1-4H3,(H,24,31). The van der Waals surface area contributed by atoms with E-state index in [4.69, 9.17) is 0 Å². The number of para-hydroxylation sites is 1. The molecule has 1 unspecified atom stereocenters. The Balaban J connectivity index is 1.64. The van der Waals surface area contributed by atoms with Gasteiger partial charge in [0.15, 0.2) is 5.82 Å². The van der Waals surface area contributed by atoms with Crippen molar-refractivity contribution in [2.24, 2.45) is 0 Å². The number of aromatic nitrogens is 5. The fourth-order valence-corrected chi connectivity index (χ4v) is 4.55. The normalized spacial score (nSPS) is 16.1. The molecule has 1 saturated carbocycles. The number of hydrogen-bond donors (Lipinski definition) is 1. The van der Waals surface area contributed by atoms with Crippen LogP contribution in [0.5, 0.6) is 0 Å². The van der Waals surface area contributed by atoms with E-state index in [-0.39, 0.29) is 11.6 Å². The molecule has 31 heavy (non-hydrogen) atoms. The lowest BCUT2D eigenvalue weighted by molar-refractivity contribution is 0.168. The van der Waals surface area contributed by atoms with Gasteiger partial charge in [0.25, 0.3) is 5.56 Å². The molecule has 0 aliphatic heterocycles. The second-order valence-electron chi connectivity index (χ2n) is 9.03. The van der Waals surface area contributed by atoms with Gasteiger partial charge in [0, 0.05) is 25.2 Å². The van der Waals surface area contributed by atoms with Gasteiger partial charge >= 0.3 is 0 Å². The van der Waals surface area contributed by atoms with Crippen LogP contribution in [0.3, 0.4) is 0 Å². The first-order valence-electron chi connectivity index (χ1n) is 11.2. The summed E-state index contributed by atoms with van der Waals surface area (Å²) in [6.45, 7) is 6.42. The summed E-state index contributed by atoms with van der Waals surface area (Å²) >= 11 is 0. The average molecular weight is 424 g/mol. The van der Waals surface area contributed by atoms with E-state index < -0.39 is 0 Å². The maximum atomic E-state index is 12.9. The molecule has 166 valence electrons. The van der Waals surface area contributed by atoms with Crippen molar-refractivity contribution in [2.75, 3.05) is 27.2 Å². The number of likely N-dealkylation sites (N-methyl/N-ethyl adjacent to an activating group) is 1. The minimum atomic E-state index is -0.0285. The van der Waals surface area contributed by atoms with Gasteiger partial charge in [-0.2, -0.15) is 0 Å². The summed E-state index contributed by atoms with van der Waals surface area (Å²) in [4.78, 5) is 20.5. The maximum Gasteiger partial charge on any atom is 0.252 e. The van der Waals surface area contributed by atoms with Gasteiger partial charge < -0.3 is 9.88 Å². The Morgan fingerprint density at radius 3 is 2.74 bits per heavy atom. The van der Waals surface area contributed by atoms with Crippen LogP contribution in [-0.2, 0) is 6.54 Å². The van der Waals surface area contributed by atoms with Crippen LogP contribution in [0.4, 0.5) is 0 Å². The van der Waals surface area contributed by atoms with E-state index in [2.05, 4.69) is 57.4 Å². The van der Waals surface area contributed by atoms with Gasteiger partial charge in [-0.3, -0.25) is 9.69 Å². The average Bonchev–Trinajstić information content (AvgIpc) is 3.43. The molecule has 4 rings (SSSR count). The van der Waals surface area contributed by atoms with Gasteiger partial charge in [-0.1, -0.05) is 31.0 Å². The summed E-state index contributed by atoms with van der Waals surface area (Å²) in [5.41, 5.74) is 2.73. The molecule has 0 amide bonds. The molecular formula is C23H33N7O. The van der Waals surface area contributed by atoms with Crippen LogP contribution in [-0.4, -0.2) is 62.2 Å². The molecule has 1 aliphatic carbocycles. The van der Waals surface area contributed by atoms with Crippen LogP contribution in [0.25, 0.3) is 10.9 Å². The molecule has 1 aromatic carbocycles. The number of hydrogen-bond acceptors (Lipinski definition) is 6. The summed E-state index contributed by atoms with van der Waals surface area (Å²) in [6.07, 6.45) is 4.72. The number of rotatable bonds is 8. The van der Waals surface area contributed by atoms with Crippen LogP contribution in [0.1, 0.15) is 61.6 Å². The highest BCUT2D eigenvalue weighted by Crippen LogP contribution is 2.31. The molecule has 1 N–H and O–H groups in total. The van der Waals surface area contributed by atoms with Gasteiger partial charge in [0.2, 0.25) is 0 Å². The minimum Gasteiger partial charge on any atom is -0.321 e. The van der Waals surface area contributed by atoms with Gasteiger partial charge in [0.05, 0.1) is 17.6 Å². The SMILES string of the molecule is Cc1cccc2cc(CN(CCN(C)C)C(C)c3nnnn3C3CCCC3)c(=O)[nH]c12. The molecule has 8 nitrogen and oxygen atoms in total. The van der Waals surface area contributed by atoms with Crippen LogP contribution in [0, 0.1) is 6.92 Å². The molecule has 1 atom stereocenters. The van der Waals surface area contributed by atoms with Crippen LogP contribution in [0.15, 0.2) is 29.1 Å². The zero-order valence-electron chi connectivity index (χ0n) is 19.0. The van der Waals surface area contributed by atoms with E-state index in [0.717, 1.165) is 53.8 Å². The van der Waals surface area contributed by atoms with E-state index in [1.165, 1.54) is 12.8 Å². The Morgan fingerprint density at radius 2 is 2.00 bits per heavy atom. The molecule has 8 heteroatoms. The Bertz CT molecular complexity index is 1080. The van der Waals surface area contributed by atoms with Crippen molar-refractivity contribution < 1.29 is 0 Å².